The Morgan fingerprint density at radius 1 is 1.03 bits per heavy atom. The number of hydrogen-bond donors (Lipinski definition) is 1. The highest BCUT2D eigenvalue weighted by Gasteiger charge is 2.48. The van der Waals surface area contributed by atoms with Crippen LogP contribution < -0.4 is 4.74 Å². The van der Waals surface area contributed by atoms with E-state index in [1.807, 2.05) is 55.5 Å². The number of aliphatic hydroxyl groups is 1. The minimum atomic E-state index is -1.26. The first-order valence-electron chi connectivity index (χ1n) is 9.59. The number of carbonyl (C=O) groups excluding carboxylic acids is 1. The predicted octanol–water partition coefficient (Wildman–Crippen LogP) is 3.97. The molecule has 30 heavy (non-hydrogen) atoms. The van der Waals surface area contributed by atoms with Gasteiger partial charge in [-0.05, 0) is 36.8 Å². The Balaban J connectivity index is 1.78. The van der Waals surface area contributed by atoms with Crippen LogP contribution in [0.5, 0.6) is 5.75 Å². The van der Waals surface area contributed by atoms with Crippen molar-refractivity contribution in [3.8, 4) is 5.75 Å². The highest BCUT2D eigenvalue weighted by atomic mass is 16.8. The molecule has 1 N–H and O–H groups in total. The van der Waals surface area contributed by atoms with Crippen molar-refractivity contribution in [2.24, 2.45) is 5.16 Å². The van der Waals surface area contributed by atoms with Crippen LogP contribution in [0.2, 0.25) is 0 Å². The van der Waals surface area contributed by atoms with Gasteiger partial charge in [0.05, 0.1) is 18.7 Å². The average Bonchev–Trinajstić information content (AvgIpc) is 3.11. The van der Waals surface area contributed by atoms with Gasteiger partial charge in [-0.25, -0.2) is 4.79 Å². The van der Waals surface area contributed by atoms with E-state index in [0.29, 0.717) is 11.5 Å². The van der Waals surface area contributed by atoms with Gasteiger partial charge in [0.1, 0.15) is 5.75 Å². The molecular weight excluding hydrogens is 386 g/mol. The number of ether oxygens (including phenoxy) is 3. The van der Waals surface area contributed by atoms with E-state index in [9.17, 15) is 9.90 Å². The van der Waals surface area contributed by atoms with Crippen molar-refractivity contribution in [1.82, 2.24) is 0 Å². The number of esters is 1. The van der Waals surface area contributed by atoms with Gasteiger partial charge < -0.3 is 24.2 Å². The number of nitrogens with zero attached hydrogens (tertiary/aromatic N) is 1. The Morgan fingerprint density at radius 3 is 2.30 bits per heavy atom. The number of oxime groups is 1. The molecule has 2 aromatic carbocycles. The number of cyclic esters (lactones) is 1. The fraction of sp³-hybridized carbons (Fsp3) is 0.304. The largest absolute Gasteiger partial charge is 0.497 e. The lowest BCUT2D eigenvalue weighted by molar-refractivity contribution is -0.224. The zero-order valence-corrected chi connectivity index (χ0v) is 17.2. The van der Waals surface area contributed by atoms with E-state index in [2.05, 4.69) is 5.16 Å². The van der Waals surface area contributed by atoms with Crippen LogP contribution in [-0.2, 0) is 19.1 Å². The topological polar surface area (TPSA) is 86.6 Å². The number of hydrogen-bond acceptors (Lipinski definition) is 7. The van der Waals surface area contributed by atoms with E-state index in [1.54, 1.807) is 21.0 Å². The van der Waals surface area contributed by atoms with Crippen LogP contribution in [0, 0.1) is 6.92 Å². The minimum Gasteiger partial charge on any atom is -0.497 e. The van der Waals surface area contributed by atoms with Crippen LogP contribution in [0.3, 0.4) is 0 Å². The van der Waals surface area contributed by atoms with Gasteiger partial charge in [0.15, 0.2) is 11.7 Å². The molecule has 2 atom stereocenters. The third-order valence-electron chi connectivity index (χ3n) is 5.10. The molecule has 7 heteroatoms. The molecule has 2 unspecified atom stereocenters. The average molecular weight is 409 g/mol. The van der Waals surface area contributed by atoms with E-state index in [0.717, 1.165) is 16.7 Å². The fourth-order valence-corrected chi connectivity index (χ4v) is 3.61. The van der Waals surface area contributed by atoms with E-state index in [1.165, 1.54) is 0 Å². The number of methoxy groups -OCH3 is 1. The van der Waals surface area contributed by atoms with E-state index in [-0.39, 0.29) is 5.57 Å². The summed E-state index contributed by atoms with van der Waals surface area (Å²) in [6, 6.07) is 15.3. The molecule has 0 saturated carbocycles. The fourth-order valence-electron chi connectivity index (χ4n) is 3.61. The van der Waals surface area contributed by atoms with Crippen molar-refractivity contribution < 1.29 is 28.9 Å². The maximum Gasteiger partial charge on any atom is 0.348 e. The maximum absolute atomic E-state index is 12.7. The monoisotopic (exact) mass is 409 g/mol. The molecule has 2 aromatic rings. The Bertz CT molecular complexity index is 1020. The molecule has 0 bridgehead atoms. The first-order valence-corrected chi connectivity index (χ1v) is 9.59. The van der Waals surface area contributed by atoms with Gasteiger partial charge in [-0.1, -0.05) is 35.0 Å². The van der Waals surface area contributed by atoms with Crippen LogP contribution in [0.4, 0.5) is 0 Å². The summed E-state index contributed by atoms with van der Waals surface area (Å²) < 4.78 is 15.9. The molecule has 0 saturated heterocycles. The van der Waals surface area contributed by atoms with Crippen molar-refractivity contribution >= 4 is 11.7 Å². The second-order valence-electron chi connectivity index (χ2n) is 7.73. The number of aliphatic hydroxyl groups excluding tert-OH is 1. The molecule has 4 rings (SSSR count). The summed E-state index contributed by atoms with van der Waals surface area (Å²) in [5.41, 5.74) is 3.34. The summed E-state index contributed by atoms with van der Waals surface area (Å²) in [5.74, 6) is -2.20. The van der Waals surface area contributed by atoms with Gasteiger partial charge in [-0.15, -0.1) is 0 Å². The quantitative estimate of drug-likeness (QED) is 0.769. The van der Waals surface area contributed by atoms with Crippen molar-refractivity contribution in [3.63, 3.8) is 0 Å². The molecule has 0 aromatic heterocycles. The molecule has 2 aliphatic rings. The SMILES string of the molecule is COc1ccc(C2=NOC(C3=C(O)OC(C)(C)OC3=O)C2c2ccc(C)cc2)cc1. The summed E-state index contributed by atoms with van der Waals surface area (Å²) in [4.78, 5) is 18.4. The molecule has 7 nitrogen and oxygen atoms in total. The number of benzene rings is 2. The van der Waals surface area contributed by atoms with E-state index >= 15 is 0 Å². The van der Waals surface area contributed by atoms with Crippen LogP contribution >= 0.6 is 0 Å². The molecule has 2 heterocycles. The standard InChI is InChI=1S/C23H23NO6/c1-13-5-7-14(8-6-13)17-19(15-9-11-16(27-4)12-10-15)24-30-20(17)18-21(25)28-23(2,3)29-22(18)26/h5-12,17,20,25H,1-4H3. The number of aryl methyl sites for hydroxylation is 1. The van der Waals surface area contributed by atoms with Crippen LogP contribution in [0.15, 0.2) is 65.2 Å². The molecular formula is C23H23NO6. The number of rotatable bonds is 4. The lowest BCUT2D eigenvalue weighted by Crippen LogP contribution is -2.41. The first-order chi connectivity index (χ1) is 14.3. The van der Waals surface area contributed by atoms with Gasteiger partial charge in [0, 0.05) is 19.4 Å². The predicted molar refractivity (Wildman–Crippen MR) is 109 cm³/mol. The summed E-state index contributed by atoms with van der Waals surface area (Å²) in [6.45, 7) is 5.09. The Morgan fingerprint density at radius 2 is 1.70 bits per heavy atom. The van der Waals surface area contributed by atoms with Gasteiger partial charge in [-0.2, -0.15) is 0 Å². The van der Waals surface area contributed by atoms with Crippen molar-refractivity contribution in [2.75, 3.05) is 7.11 Å². The summed E-state index contributed by atoms with van der Waals surface area (Å²) >= 11 is 0. The maximum atomic E-state index is 12.7. The molecule has 0 aliphatic carbocycles. The van der Waals surface area contributed by atoms with Gasteiger partial charge in [-0.3, -0.25) is 0 Å². The molecule has 0 radical (unpaired) electrons. The van der Waals surface area contributed by atoms with Crippen LogP contribution in [0.1, 0.15) is 36.5 Å². The third kappa shape index (κ3) is 3.58. The second-order valence-corrected chi connectivity index (χ2v) is 7.73. The van der Waals surface area contributed by atoms with Crippen molar-refractivity contribution in [2.45, 2.75) is 38.6 Å². The summed E-state index contributed by atoms with van der Waals surface area (Å²) in [6.07, 6.45) is -0.895. The Hall–Kier alpha value is -3.48. The molecule has 2 aliphatic heterocycles. The van der Waals surface area contributed by atoms with Crippen molar-refractivity contribution in [1.29, 1.82) is 0 Å². The van der Waals surface area contributed by atoms with E-state index in [4.69, 9.17) is 19.0 Å². The highest BCUT2D eigenvalue weighted by Crippen LogP contribution is 2.40. The van der Waals surface area contributed by atoms with Crippen LogP contribution in [-0.4, -0.2) is 35.8 Å². The van der Waals surface area contributed by atoms with E-state index < -0.39 is 29.7 Å². The zero-order chi connectivity index (χ0) is 21.5. The molecule has 0 fully saturated rings. The number of carbonyl (C=O) groups is 1. The van der Waals surface area contributed by atoms with Crippen molar-refractivity contribution in [3.05, 3.63) is 76.7 Å². The molecule has 156 valence electrons. The lowest BCUT2D eigenvalue weighted by Gasteiger charge is -2.32. The normalized spacial score (nSPS) is 22.7. The van der Waals surface area contributed by atoms with Crippen LogP contribution in [0.25, 0.3) is 0 Å². The minimum absolute atomic E-state index is 0.0906. The van der Waals surface area contributed by atoms with Gasteiger partial charge in [0.25, 0.3) is 11.7 Å². The second kappa shape index (κ2) is 7.40. The summed E-state index contributed by atoms with van der Waals surface area (Å²) in [5, 5.41) is 14.7. The first kappa shape index (κ1) is 19.8. The Labute approximate surface area is 174 Å². The third-order valence-corrected chi connectivity index (χ3v) is 5.10. The summed E-state index contributed by atoms with van der Waals surface area (Å²) in [7, 11) is 1.60. The van der Waals surface area contributed by atoms with Gasteiger partial charge in [0.2, 0.25) is 0 Å². The Kier molecular flexibility index (Phi) is 4.89. The van der Waals surface area contributed by atoms with Gasteiger partial charge >= 0.3 is 5.97 Å². The molecule has 0 spiro atoms. The highest BCUT2D eigenvalue weighted by molar-refractivity contribution is 6.07. The molecule has 0 amide bonds. The zero-order valence-electron chi connectivity index (χ0n) is 17.2. The lowest BCUT2D eigenvalue weighted by atomic mass is 9.83. The smallest absolute Gasteiger partial charge is 0.348 e.